The number of nitrogens with one attached hydrogen (secondary N) is 2. The van der Waals surface area contributed by atoms with E-state index in [4.69, 9.17) is 32.7 Å². The van der Waals surface area contributed by atoms with E-state index in [0.717, 1.165) is 5.56 Å². The number of carbonyl (C=O) groups is 2. The highest BCUT2D eigenvalue weighted by Crippen LogP contribution is 2.32. The maximum Gasteiger partial charge on any atom is 0.276 e. The monoisotopic (exact) mass is 471 g/mol. The van der Waals surface area contributed by atoms with Gasteiger partial charge in [-0.15, -0.1) is 0 Å². The lowest BCUT2D eigenvalue weighted by molar-refractivity contribution is -0.127. The van der Waals surface area contributed by atoms with E-state index in [2.05, 4.69) is 10.7 Å². The van der Waals surface area contributed by atoms with Crippen LogP contribution in [0.1, 0.15) is 22.1 Å². The molecule has 0 radical (unpaired) electrons. The molecular weight excluding hydrogens is 453 g/mol. The molecule has 1 unspecified atom stereocenters. The van der Waals surface area contributed by atoms with Crippen molar-refractivity contribution in [3.05, 3.63) is 87.9 Å². The standard InChI is InChI=1S/C23H19Cl2N3O4/c1-31-16-9-6-14(7-10-16)22-26-19-5-3-2-4-17(19)23(30)28(22)27-21(29)13-32-20-11-8-15(24)12-18(20)25/h2-12,22,26H,13H2,1H3,(H,27,29). The van der Waals surface area contributed by atoms with Gasteiger partial charge in [-0.25, -0.2) is 5.01 Å². The number of hydrogen-bond acceptors (Lipinski definition) is 5. The molecule has 0 bridgehead atoms. The molecule has 9 heteroatoms. The Balaban J connectivity index is 1.55. The van der Waals surface area contributed by atoms with Gasteiger partial charge in [0, 0.05) is 10.7 Å². The summed E-state index contributed by atoms with van der Waals surface area (Å²) < 4.78 is 10.7. The minimum absolute atomic E-state index is 0.283. The first kappa shape index (κ1) is 21.8. The molecule has 0 fully saturated rings. The lowest BCUT2D eigenvalue weighted by Crippen LogP contribution is -2.53. The number of fused-ring (bicyclic) bond motifs is 1. The van der Waals surface area contributed by atoms with Gasteiger partial charge in [-0.1, -0.05) is 47.5 Å². The molecule has 2 amide bonds. The second-order valence-corrected chi connectivity index (χ2v) is 7.78. The topological polar surface area (TPSA) is 79.9 Å². The van der Waals surface area contributed by atoms with Crippen molar-refractivity contribution in [2.75, 3.05) is 19.0 Å². The molecule has 0 spiro atoms. The van der Waals surface area contributed by atoms with E-state index in [1.807, 2.05) is 24.3 Å². The van der Waals surface area contributed by atoms with Crippen LogP contribution in [-0.4, -0.2) is 30.5 Å². The van der Waals surface area contributed by atoms with Crippen LogP contribution < -0.4 is 20.2 Å². The molecule has 1 aliphatic rings. The van der Waals surface area contributed by atoms with Crippen molar-refractivity contribution in [3.63, 3.8) is 0 Å². The zero-order valence-electron chi connectivity index (χ0n) is 17.0. The van der Waals surface area contributed by atoms with Gasteiger partial charge >= 0.3 is 0 Å². The summed E-state index contributed by atoms with van der Waals surface area (Å²) in [5.41, 5.74) is 4.52. The molecule has 1 atom stereocenters. The SMILES string of the molecule is COc1ccc(C2Nc3ccccc3C(=O)N2NC(=O)COc2ccc(Cl)cc2Cl)cc1. The molecule has 164 valence electrons. The predicted octanol–water partition coefficient (Wildman–Crippen LogP) is 4.68. The highest BCUT2D eigenvalue weighted by atomic mass is 35.5. The van der Waals surface area contributed by atoms with Crippen molar-refractivity contribution < 1.29 is 19.1 Å². The fraction of sp³-hybridized carbons (Fsp3) is 0.130. The average molecular weight is 472 g/mol. The van der Waals surface area contributed by atoms with E-state index >= 15 is 0 Å². The zero-order valence-corrected chi connectivity index (χ0v) is 18.5. The molecule has 1 aliphatic heterocycles. The number of carbonyl (C=O) groups excluding carboxylic acids is 2. The smallest absolute Gasteiger partial charge is 0.276 e. The first-order valence-electron chi connectivity index (χ1n) is 9.66. The highest BCUT2D eigenvalue weighted by Gasteiger charge is 2.34. The van der Waals surface area contributed by atoms with Crippen molar-refractivity contribution in [1.29, 1.82) is 0 Å². The first-order valence-corrected chi connectivity index (χ1v) is 10.4. The van der Waals surface area contributed by atoms with E-state index in [0.29, 0.717) is 27.8 Å². The first-order chi connectivity index (χ1) is 15.5. The van der Waals surface area contributed by atoms with Gasteiger partial charge in [-0.2, -0.15) is 0 Å². The lowest BCUT2D eigenvalue weighted by Gasteiger charge is -2.37. The quantitative estimate of drug-likeness (QED) is 0.545. The molecule has 1 heterocycles. The summed E-state index contributed by atoms with van der Waals surface area (Å²) in [7, 11) is 1.58. The van der Waals surface area contributed by atoms with E-state index in [1.165, 1.54) is 11.1 Å². The minimum Gasteiger partial charge on any atom is -0.497 e. The number of hydrogen-bond donors (Lipinski definition) is 2. The number of ether oxygens (including phenoxy) is 2. The third-order valence-corrected chi connectivity index (χ3v) is 5.39. The molecule has 0 aromatic heterocycles. The van der Waals surface area contributed by atoms with Gasteiger partial charge in [0.1, 0.15) is 17.7 Å². The van der Waals surface area contributed by atoms with Gasteiger partial charge < -0.3 is 14.8 Å². The Kier molecular flexibility index (Phi) is 6.39. The molecule has 0 aliphatic carbocycles. The van der Waals surface area contributed by atoms with E-state index in [1.54, 1.807) is 43.5 Å². The number of para-hydroxylation sites is 1. The van der Waals surface area contributed by atoms with E-state index in [-0.39, 0.29) is 17.5 Å². The minimum atomic E-state index is -0.633. The average Bonchev–Trinajstić information content (AvgIpc) is 2.80. The molecule has 32 heavy (non-hydrogen) atoms. The normalized spacial score (nSPS) is 14.9. The Bertz CT molecular complexity index is 1150. The molecule has 7 nitrogen and oxygen atoms in total. The summed E-state index contributed by atoms with van der Waals surface area (Å²) in [6.45, 7) is -0.345. The number of nitrogens with zero attached hydrogens (tertiary/aromatic N) is 1. The van der Waals surface area contributed by atoms with Crippen LogP contribution in [0.4, 0.5) is 5.69 Å². The van der Waals surface area contributed by atoms with Crippen LogP contribution in [0.15, 0.2) is 66.7 Å². The molecule has 3 aromatic carbocycles. The van der Waals surface area contributed by atoms with Gasteiger partial charge in [-0.3, -0.25) is 15.0 Å². The molecule has 3 aromatic rings. The van der Waals surface area contributed by atoms with Crippen LogP contribution in [0.25, 0.3) is 0 Å². The van der Waals surface area contributed by atoms with Crippen LogP contribution in [-0.2, 0) is 4.79 Å². The zero-order chi connectivity index (χ0) is 22.7. The van der Waals surface area contributed by atoms with Crippen molar-refractivity contribution in [1.82, 2.24) is 10.4 Å². The van der Waals surface area contributed by atoms with Gasteiger partial charge in [0.15, 0.2) is 6.61 Å². The third kappa shape index (κ3) is 4.59. The van der Waals surface area contributed by atoms with Gasteiger partial charge in [0.2, 0.25) is 0 Å². The fourth-order valence-corrected chi connectivity index (χ4v) is 3.75. The van der Waals surface area contributed by atoms with Crippen molar-refractivity contribution in [3.8, 4) is 11.5 Å². The number of anilines is 1. The van der Waals surface area contributed by atoms with E-state index in [9.17, 15) is 9.59 Å². The summed E-state index contributed by atoms with van der Waals surface area (Å²) in [5, 5.41) is 5.29. The fourth-order valence-electron chi connectivity index (χ4n) is 3.29. The summed E-state index contributed by atoms with van der Waals surface area (Å²) in [4.78, 5) is 25.8. The largest absolute Gasteiger partial charge is 0.497 e. The molecule has 0 saturated heterocycles. The highest BCUT2D eigenvalue weighted by molar-refractivity contribution is 6.35. The Hall–Kier alpha value is -3.42. The Morgan fingerprint density at radius 3 is 2.56 bits per heavy atom. The second kappa shape index (κ2) is 9.38. The number of benzene rings is 3. The third-order valence-electron chi connectivity index (χ3n) is 4.86. The number of hydrazine groups is 1. The van der Waals surface area contributed by atoms with E-state index < -0.39 is 12.1 Å². The van der Waals surface area contributed by atoms with Gasteiger partial charge in [0.25, 0.3) is 11.8 Å². The van der Waals surface area contributed by atoms with Crippen LogP contribution in [0.2, 0.25) is 10.0 Å². The summed E-state index contributed by atoms with van der Waals surface area (Å²) in [6, 6.07) is 19.0. The molecule has 4 rings (SSSR count). The van der Waals surface area contributed by atoms with Gasteiger partial charge in [-0.05, 0) is 48.0 Å². The van der Waals surface area contributed by atoms with Crippen LogP contribution in [0.3, 0.4) is 0 Å². The lowest BCUT2D eigenvalue weighted by atomic mass is 10.0. The van der Waals surface area contributed by atoms with Crippen LogP contribution in [0.5, 0.6) is 11.5 Å². The van der Waals surface area contributed by atoms with Crippen molar-refractivity contribution in [2.24, 2.45) is 0 Å². The Morgan fingerprint density at radius 1 is 1.09 bits per heavy atom. The molecular formula is C23H19Cl2N3O4. The van der Waals surface area contributed by atoms with Crippen molar-refractivity contribution >= 4 is 40.7 Å². The van der Waals surface area contributed by atoms with Crippen molar-refractivity contribution in [2.45, 2.75) is 6.17 Å². The molecule has 2 N–H and O–H groups in total. The predicted molar refractivity (Wildman–Crippen MR) is 122 cm³/mol. The molecule has 0 saturated carbocycles. The number of amides is 2. The number of methoxy groups -OCH3 is 1. The van der Waals surface area contributed by atoms with Crippen LogP contribution >= 0.6 is 23.2 Å². The summed E-state index contributed by atoms with van der Waals surface area (Å²) in [6.07, 6.45) is -0.633. The summed E-state index contributed by atoms with van der Waals surface area (Å²) in [5.74, 6) is 0.119. The second-order valence-electron chi connectivity index (χ2n) is 6.94. The number of halogens is 2. The summed E-state index contributed by atoms with van der Waals surface area (Å²) >= 11 is 12.0. The van der Waals surface area contributed by atoms with Crippen LogP contribution in [0, 0.1) is 0 Å². The number of rotatable bonds is 6. The Labute approximate surface area is 194 Å². The maximum atomic E-state index is 13.2. The Morgan fingerprint density at radius 2 is 1.84 bits per heavy atom. The van der Waals surface area contributed by atoms with Gasteiger partial charge in [0.05, 0.1) is 17.7 Å². The maximum absolute atomic E-state index is 13.2.